The molecule has 0 saturated heterocycles. The molecular formula is C16H16FN5O3. The minimum atomic E-state index is -0.811. The van der Waals surface area contributed by atoms with Gasteiger partial charge in [0.25, 0.3) is 0 Å². The summed E-state index contributed by atoms with van der Waals surface area (Å²) in [7, 11) is 0. The van der Waals surface area contributed by atoms with Gasteiger partial charge in [0.2, 0.25) is 0 Å². The molecule has 0 saturated carbocycles. The Morgan fingerprint density at radius 2 is 1.96 bits per heavy atom. The van der Waals surface area contributed by atoms with Crippen molar-refractivity contribution >= 4 is 23.6 Å². The molecule has 8 nitrogen and oxygen atoms in total. The largest absolute Gasteiger partial charge is 0.372 e. The molecule has 9 heteroatoms. The summed E-state index contributed by atoms with van der Waals surface area (Å²) in [5.74, 6) is -0.719. The highest BCUT2D eigenvalue weighted by molar-refractivity contribution is 5.98. The smallest absolute Gasteiger partial charge is 0.298 e. The van der Waals surface area contributed by atoms with Crippen LogP contribution in [0.5, 0.6) is 0 Å². The van der Waals surface area contributed by atoms with Gasteiger partial charge < -0.3 is 0 Å². The van der Waals surface area contributed by atoms with Gasteiger partial charge in [0, 0.05) is 5.56 Å². The lowest BCUT2D eigenvalue weighted by Crippen LogP contribution is -2.52. The SMILES string of the molecule is CC(=O)Cn1nnn(C(=O)N2c3ccc(F)cc3C=CC2(C)C)c1=O. The van der Waals surface area contributed by atoms with E-state index >= 15 is 0 Å². The van der Waals surface area contributed by atoms with Crippen molar-refractivity contribution < 1.29 is 14.0 Å². The summed E-state index contributed by atoms with van der Waals surface area (Å²) in [5.41, 5.74) is -0.621. The Labute approximate surface area is 142 Å². The molecule has 0 atom stereocenters. The Morgan fingerprint density at radius 3 is 2.64 bits per heavy atom. The van der Waals surface area contributed by atoms with Gasteiger partial charge >= 0.3 is 11.7 Å². The molecule has 1 aliphatic heterocycles. The zero-order valence-electron chi connectivity index (χ0n) is 13.9. The monoisotopic (exact) mass is 345 g/mol. The molecule has 1 aromatic carbocycles. The molecule has 0 unspecified atom stereocenters. The van der Waals surface area contributed by atoms with Crippen LogP contribution in [-0.4, -0.2) is 37.1 Å². The standard InChI is InChI=1S/C16H16FN5O3/c1-10(23)9-20-14(24)22(19-18-20)15(25)21-13-5-4-12(17)8-11(13)6-7-16(21,2)3/h4-8H,9H2,1-3H3. The van der Waals surface area contributed by atoms with Crippen LogP contribution in [0, 0.1) is 5.82 Å². The lowest BCUT2D eigenvalue weighted by molar-refractivity contribution is -0.117. The number of carbonyl (C=O) groups excluding carboxylic acids is 2. The third-order valence-electron chi connectivity index (χ3n) is 3.86. The lowest BCUT2D eigenvalue weighted by atomic mass is 9.94. The predicted octanol–water partition coefficient (Wildman–Crippen LogP) is 1.45. The minimum absolute atomic E-state index is 0.267. The van der Waals surface area contributed by atoms with Gasteiger partial charge in [-0.2, -0.15) is 4.68 Å². The first-order valence-electron chi connectivity index (χ1n) is 7.56. The highest BCUT2D eigenvalue weighted by atomic mass is 19.1. The number of hydrogen-bond donors (Lipinski definition) is 0. The number of tetrazole rings is 1. The van der Waals surface area contributed by atoms with E-state index in [0.717, 1.165) is 4.68 Å². The normalized spacial score (nSPS) is 15.1. The average molecular weight is 345 g/mol. The Kier molecular flexibility index (Phi) is 3.86. The van der Waals surface area contributed by atoms with Crippen molar-refractivity contribution in [1.82, 2.24) is 19.8 Å². The van der Waals surface area contributed by atoms with E-state index in [1.165, 1.54) is 30.0 Å². The molecule has 2 aromatic rings. The second-order valence-corrected chi connectivity index (χ2v) is 6.34. The highest BCUT2D eigenvalue weighted by Gasteiger charge is 2.36. The van der Waals surface area contributed by atoms with Gasteiger partial charge in [-0.25, -0.2) is 14.0 Å². The molecule has 25 heavy (non-hydrogen) atoms. The second-order valence-electron chi connectivity index (χ2n) is 6.34. The Hall–Kier alpha value is -3.10. The number of carbonyl (C=O) groups is 2. The first kappa shape index (κ1) is 16.7. The third kappa shape index (κ3) is 2.88. The molecule has 0 spiro atoms. The number of nitrogens with zero attached hydrogens (tertiary/aromatic N) is 5. The van der Waals surface area contributed by atoms with Gasteiger partial charge in [-0.1, -0.05) is 12.2 Å². The van der Waals surface area contributed by atoms with Crippen LogP contribution in [0.3, 0.4) is 0 Å². The van der Waals surface area contributed by atoms with Crippen molar-refractivity contribution in [2.75, 3.05) is 4.90 Å². The molecule has 1 aliphatic rings. The van der Waals surface area contributed by atoms with E-state index in [2.05, 4.69) is 10.4 Å². The van der Waals surface area contributed by atoms with Crippen LogP contribution in [0.25, 0.3) is 6.08 Å². The van der Waals surface area contributed by atoms with Crippen molar-refractivity contribution in [1.29, 1.82) is 0 Å². The molecule has 0 N–H and O–H groups in total. The molecular weight excluding hydrogens is 329 g/mol. The van der Waals surface area contributed by atoms with Crippen molar-refractivity contribution in [2.45, 2.75) is 32.9 Å². The van der Waals surface area contributed by atoms with Crippen molar-refractivity contribution in [2.24, 2.45) is 0 Å². The van der Waals surface area contributed by atoms with Crippen LogP contribution in [-0.2, 0) is 11.3 Å². The zero-order valence-corrected chi connectivity index (χ0v) is 13.9. The van der Waals surface area contributed by atoms with Gasteiger partial charge in [-0.15, -0.1) is 4.68 Å². The summed E-state index contributed by atoms with van der Waals surface area (Å²) in [5, 5.41) is 7.14. The van der Waals surface area contributed by atoms with Gasteiger partial charge in [0.15, 0.2) is 5.78 Å². The van der Waals surface area contributed by atoms with E-state index in [0.29, 0.717) is 15.9 Å². The number of ketones is 1. The third-order valence-corrected chi connectivity index (χ3v) is 3.86. The van der Waals surface area contributed by atoms with E-state index in [9.17, 15) is 18.8 Å². The van der Waals surface area contributed by atoms with E-state index in [4.69, 9.17) is 0 Å². The maximum atomic E-state index is 13.5. The van der Waals surface area contributed by atoms with Crippen molar-refractivity contribution in [3.8, 4) is 0 Å². The number of Topliss-reactive ketones (excluding diaryl/α,β-unsaturated/α-hetero) is 1. The van der Waals surface area contributed by atoms with Gasteiger partial charge in [-0.05, 0) is 49.4 Å². The van der Waals surface area contributed by atoms with Gasteiger partial charge in [0.05, 0.1) is 11.2 Å². The molecule has 2 heterocycles. The van der Waals surface area contributed by atoms with Crippen LogP contribution in [0.2, 0.25) is 0 Å². The Bertz CT molecular complexity index is 957. The van der Waals surface area contributed by atoms with E-state index in [-0.39, 0.29) is 12.3 Å². The maximum absolute atomic E-state index is 13.5. The number of halogens is 1. The number of hydrogen-bond acceptors (Lipinski definition) is 5. The molecule has 3 rings (SSSR count). The van der Waals surface area contributed by atoms with Gasteiger partial charge in [-0.3, -0.25) is 9.69 Å². The summed E-state index contributed by atoms with van der Waals surface area (Å²) in [4.78, 5) is 37.7. The van der Waals surface area contributed by atoms with Crippen molar-refractivity contribution in [3.63, 3.8) is 0 Å². The molecule has 130 valence electrons. The molecule has 0 fully saturated rings. The highest BCUT2D eigenvalue weighted by Crippen LogP contribution is 2.35. The summed E-state index contributed by atoms with van der Waals surface area (Å²) in [6, 6.07) is 3.28. The fourth-order valence-corrected chi connectivity index (χ4v) is 2.69. The topological polar surface area (TPSA) is 90.1 Å². The Morgan fingerprint density at radius 1 is 1.24 bits per heavy atom. The van der Waals surface area contributed by atoms with Crippen LogP contribution in [0.1, 0.15) is 26.3 Å². The number of aromatic nitrogens is 4. The lowest BCUT2D eigenvalue weighted by Gasteiger charge is -2.39. The molecule has 0 bridgehead atoms. The number of anilines is 1. The molecule has 1 aromatic heterocycles. The van der Waals surface area contributed by atoms with E-state index in [1.807, 2.05) is 0 Å². The zero-order chi connectivity index (χ0) is 18.4. The van der Waals surface area contributed by atoms with Crippen LogP contribution >= 0.6 is 0 Å². The van der Waals surface area contributed by atoms with Crippen LogP contribution in [0.4, 0.5) is 14.9 Å². The fraction of sp³-hybridized carbons (Fsp3) is 0.312. The van der Waals surface area contributed by atoms with Crippen molar-refractivity contribution in [3.05, 3.63) is 46.1 Å². The number of rotatable bonds is 2. The molecule has 0 radical (unpaired) electrons. The second kappa shape index (κ2) is 5.76. The molecule has 1 amide bonds. The first-order chi connectivity index (χ1) is 11.7. The van der Waals surface area contributed by atoms with Gasteiger partial charge in [0.1, 0.15) is 12.4 Å². The predicted molar refractivity (Wildman–Crippen MR) is 87.7 cm³/mol. The number of benzene rings is 1. The number of fused-ring (bicyclic) bond motifs is 1. The molecule has 0 aliphatic carbocycles. The minimum Gasteiger partial charge on any atom is -0.298 e. The summed E-state index contributed by atoms with van der Waals surface area (Å²) >= 11 is 0. The summed E-state index contributed by atoms with van der Waals surface area (Å²) in [6.45, 7) is 4.59. The fourth-order valence-electron chi connectivity index (χ4n) is 2.69. The average Bonchev–Trinajstić information content (AvgIpc) is 2.87. The Balaban J connectivity index is 2.07. The van der Waals surface area contributed by atoms with Crippen LogP contribution < -0.4 is 10.6 Å². The quantitative estimate of drug-likeness (QED) is 0.769. The summed E-state index contributed by atoms with van der Waals surface area (Å²) < 4.78 is 14.9. The summed E-state index contributed by atoms with van der Waals surface area (Å²) in [6.07, 6.45) is 3.45. The first-order valence-corrected chi connectivity index (χ1v) is 7.56. The van der Waals surface area contributed by atoms with E-state index in [1.54, 1.807) is 26.0 Å². The van der Waals surface area contributed by atoms with E-state index < -0.39 is 23.1 Å². The number of amides is 1. The maximum Gasteiger partial charge on any atom is 0.372 e. The van der Waals surface area contributed by atoms with Crippen LogP contribution in [0.15, 0.2) is 29.1 Å².